The first kappa shape index (κ1) is 13.1. The molecule has 0 aromatic heterocycles. The van der Waals surface area contributed by atoms with E-state index in [9.17, 15) is 0 Å². The molecule has 1 aliphatic heterocycles. The second kappa shape index (κ2) is 5.99. The Bertz CT molecular complexity index is 438. The Morgan fingerprint density at radius 2 is 2.28 bits per heavy atom. The van der Waals surface area contributed by atoms with Crippen LogP contribution in [0.25, 0.3) is 0 Å². The Kier molecular flexibility index (Phi) is 4.35. The fourth-order valence-electron chi connectivity index (χ4n) is 2.48. The number of hydrogen-bond donors (Lipinski definition) is 0. The molecule has 1 fully saturated rings. The summed E-state index contributed by atoms with van der Waals surface area (Å²) in [6.45, 7) is 3.96. The highest BCUT2D eigenvalue weighted by Crippen LogP contribution is 2.20. The van der Waals surface area contributed by atoms with E-state index in [1.807, 2.05) is 18.2 Å². The molecule has 1 aromatic rings. The van der Waals surface area contributed by atoms with Gasteiger partial charge >= 0.3 is 0 Å². The van der Waals surface area contributed by atoms with Gasteiger partial charge in [0.05, 0.1) is 23.8 Å². The highest BCUT2D eigenvalue weighted by molar-refractivity contribution is 5.32. The summed E-state index contributed by atoms with van der Waals surface area (Å²) in [6.07, 6.45) is 3.10. The molecule has 96 valence electrons. The Labute approximate surface area is 109 Å². The molecular formula is C15H20N2O. The average Bonchev–Trinajstić information content (AvgIpc) is 2.74. The van der Waals surface area contributed by atoms with E-state index in [0.717, 1.165) is 25.1 Å². The molecule has 0 saturated carbocycles. The SMILES string of the molecule is CC1CCC(CN(C)Cc2cccc(C#N)c2)O1. The molecular weight excluding hydrogens is 224 g/mol. The maximum Gasteiger partial charge on any atom is 0.0991 e. The van der Waals surface area contributed by atoms with Crippen LogP contribution < -0.4 is 0 Å². The Morgan fingerprint density at radius 1 is 1.44 bits per heavy atom. The molecule has 0 N–H and O–H groups in total. The van der Waals surface area contributed by atoms with Crippen LogP contribution in [0, 0.1) is 11.3 Å². The third-order valence-electron chi connectivity index (χ3n) is 3.34. The Hall–Kier alpha value is -1.37. The van der Waals surface area contributed by atoms with Gasteiger partial charge < -0.3 is 4.74 Å². The number of likely N-dealkylation sites (N-methyl/N-ethyl adjacent to an activating group) is 1. The van der Waals surface area contributed by atoms with Crippen LogP contribution in [0.1, 0.15) is 30.9 Å². The third kappa shape index (κ3) is 3.56. The Balaban J connectivity index is 1.87. The molecule has 0 aliphatic carbocycles. The van der Waals surface area contributed by atoms with Crippen molar-refractivity contribution in [1.29, 1.82) is 5.26 Å². The van der Waals surface area contributed by atoms with Crippen molar-refractivity contribution in [2.75, 3.05) is 13.6 Å². The zero-order valence-electron chi connectivity index (χ0n) is 11.1. The first-order valence-corrected chi connectivity index (χ1v) is 6.50. The summed E-state index contributed by atoms with van der Waals surface area (Å²) < 4.78 is 5.82. The summed E-state index contributed by atoms with van der Waals surface area (Å²) in [4.78, 5) is 2.26. The van der Waals surface area contributed by atoms with Crippen LogP contribution >= 0.6 is 0 Å². The van der Waals surface area contributed by atoms with Crippen LogP contribution in [0.4, 0.5) is 0 Å². The number of nitrogens with zero attached hydrogens (tertiary/aromatic N) is 2. The van der Waals surface area contributed by atoms with Crippen molar-refractivity contribution in [2.45, 2.75) is 38.5 Å². The predicted octanol–water partition coefficient (Wildman–Crippen LogP) is 2.56. The lowest BCUT2D eigenvalue weighted by Gasteiger charge is -2.21. The van der Waals surface area contributed by atoms with E-state index >= 15 is 0 Å². The number of nitriles is 1. The topological polar surface area (TPSA) is 36.3 Å². The molecule has 0 radical (unpaired) electrons. The predicted molar refractivity (Wildman–Crippen MR) is 71.1 cm³/mol. The van der Waals surface area contributed by atoms with Crippen LogP contribution in [0.3, 0.4) is 0 Å². The summed E-state index contributed by atoms with van der Waals surface area (Å²) in [5.74, 6) is 0. The maximum absolute atomic E-state index is 8.87. The summed E-state index contributed by atoms with van der Waals surface area (Å²) >= 11 is 0. The second-order valence-electron chi connectivity index (χ2n) is 5.15. The zero-order chi connectivity index (χ0) is 13.0. The molecule has 3 heteroatoms. The van der Waals surface area contributed by atoms with E-state index in [1.54, 1.807) is 0 Å². The fraction of sp³-hybridized carbons (Fsp3) is 0.533. The standard InChI is InChI=1S/C15H20N2O/c1-12-6-7-15(18-12)11-17(2)10-14-5-3-4-13(8-14)9-16/h3-5,8,12,15H,6-7,10-11H2,1-2H3. The lowest BCUT2D eigenvalue weighted by atomic mass is 10.1. The highest BCUT2D eigenvalue weighted by atomic mass is 16.5. The number of benzene rings is 1. The van der Waals surface area contributed by atoms with E-state index < -0.39 is 0 Å². The molecule has 1 aliphatic rings. The van der Waals surface area contributed by atoms with Crippen LogP contribution in [-0.2, 0) is 11.3 Å². The lowest BCUT2D eigenvalue weighted by Crippen LogP contribution is -2.28. The van der Waals surface area contributed by atoms with Crippen molar-refractivity contribution in [3.8, 4) is 6.07 Å². The smallest absolute Gasteiger partial charge is 0.0991 e. The molecule has 1 saturated heterocycles. The molecule has 2 unspecified atom stereocenters. The van der Waals surface area contributed by atoms with Gasteiger partial charge in [0, 0.05) is 13.1 Å². The third-order valence-corrected chi connectivity index (χ3v) is 3.34. The second-order valence-corrected chi connectivity index (χ2v) is 5.15. The Morgan fingerprint density at radius 3 is 2.94 bits per heavy atom. The number of rotatable bonds is 4. The molecule has 3 nitrogen and oxygen atoms in total. The minimum Gasteiger partial charge on any atom is -0.374 e. The largest absolute Gasteiger partial charge is 0.374 e. The summed E-state index contributed by atoms with van der Waals surface area (Å²) in [6, 6.07) is 9.97. The number of hydrogen-bond acceptors (Lipinski definition) is 3. The molecule has 2 atom stereocenters. The monoisotopic (exact) mass is 244 g/mol. The molecule has 1 heterocycles. The fourth-order valence-corrected chi connectivity index (χ4v) is 2.48. The van der Waals surface area contributed by atoms with Crippen molar-refractivity contribution < 1.29 is 4.74 Å². The molecule has 0 amide bonds. The van der Waals surface area contributed by atoms with E-state index in [-0.39, 0.29) is 0 Å². The van der Waals surface area contributed by atoms with Gasteiger partial charge in [-0.3, -0.25) is 4.90 Å². The van der Waals surface area contributed by atoms with Gasteiger partial charge in [0.2, 0.25) is 0 Å². The van der Waals surface area contributed by atoms with Gasteiger partial charge in [-0.25, -0.2) is 0 Å². The average molecular weight is 244 g/mol. The van der Waals surface area contributed by atoms with Crippen molar-refractivity contribution >= 4 is 0 Å². The minimum absolute atomic E-state index is 0.365. The quantitative estimate of drug-likeness (QED) is 0.816. The van der Waals surface area contributed by atoms with Gasteiger partial charge in [-0.15, -0.1) is 0 Å². The van der Waals surface area contributed by atoms with E-state index in [0.29, 0.717) is 12.2 Å². The van der Waals surface area contributed by atoms with Crippen molar-refractivity contribution in [3.63, 3.8) is 0 Å². The molecule has 18 heavy (non-hydrogen) atoms. The van der Waals surface area contributed by atoms with Crippen LogP contribution in [-0.4, -0.2) is 30.7 Å². The van der Waals surface area contributed by atoms with Gasteiger partial charge in [0.1, 0.15) is 0 Å². The van der Waals surface area contributed by atoms with Gasteiger partial charge in [-0.1, -0.05) is 12.1 Å². The summed E-state index contributed by atoms with van der Waals surface area (Å²) in [7, 11) is 2.10. The normalized spacial score (nSPS) is 23.2. The minimum atomic E-state index is 0.365. The van der Waals surface area contributed by atoms with E-state index in [1.165, 1.54) is 12.0 Å². The molecule has 1 aromatic carbocycles. The summed E-state index contributed by atoms with van der Waals surface area (Å²) in [5, 5.41) is 8.87. The van der Waals surface area contributed by atoms with Crippen molar-refractivity contribution in [3.05, 3.63) is 35.4 Å². The van der Waals surface area contributed by atoms with E-state index in [4.69, 9.17) is 10.00 Å². The van der Waals surface area contributed by atoms with Gasteiger partial charge in [0.25, 0.3) is 0 Å². The lowest BCUT2D eigenvalue weighted by molar-refractivity contribution is 0.0352. The maximum atomic E-state index is 8.87. The summed E-state index contributed by atoms with van der Waals surface area (Å²) in [5.41, 5.74) is 1.91. The van der Waals surface area contributed by atoms with Gasteiger partial charge in [-0.2, -0.15) is 5.26 Å². The van der Waals surface area contributed by atoms with Crippen LogP contribution in [0.15, 0.2) is 24.3 Å². The highest BCUT2D eigenvalue weighted by Gasteiger charge is 2.22. The molecule has 0 bridgehead atoms. The van der Waals surface area contributed by atoms with Crippen LogP contribution in [0.5, 0.6) is 0 Å². The van der Waals surface area contributed by atoms with Gasteiger partial charge in [0.15, 0.2) is 0 Å². The zero-order valence-corrected chi connectivity index (χ0v) is 11.1. The number of ether oxygens (including phenoxy) is 1. The van der Waals surface area contributed by atoms with Crippen LogP contribution in [0.2, 0.25) is 0 Å². The van der Waals surface area contributed by atoms with Crippen molar-refractivity contribution in [2.24, 2.45) is 0 Å². The molecule has 2 rings (SSSR count). The molecule has 0 spiro atoms. The van der Waals surface area contributed by atoms with Crippen molar-refractivity contribution in [1.82, 2.24) is 4.90 Å². The van der Waals surface area contributed by atoms with Gasteiger partial charge in [-0.05, 0) is 44.5 Å². The first-order valence-electron chi connectivity index (χ1n) is 6.50. The first-order chi connectivity index (χ1) is 8.67. The van der Waals surface area contributed by atoms with E-state index in [2.05, 4.69) is 31.0 Å².